The van der Waals surface area contributed by atoms with E-state index in [4.69, 9.17) is 4.74 Å². The van der Waals surface area contributed by atoms with Gasteiger partial charge in [-0.25, -0.2) is 4.68 Å². The van der Waals surface area contributed by atoms with Crippen molar-refractivity contribution in [2.75, 3.05) is 25.6 Å². The van der Waals surface area contributed by atoms with Crippen molar-refractivity contribution in [1.82, 2.24) is 9.78 Å². The van der Waals surface area contributed by atoms with Crippen LogP contribution in [0.1, 0.15) is 5.56 Å². The van der Waals surface area contributed by atoms with E-state index >= 15 is 0 Å². The normalized spacial score (nSPS) is 10.5. The van der Waals surface area contributed by atoms with Crippen LogP contribution in [0.4, 0.5) is 5.69 Å². The van der Waals surface area contributed by atoms with Gasteiger partial charge in [0.1, 0.15) is 10.2 Å². The van der Waals surface area contributed by atoms with Crippen LogP contribution in [0.15, 0.2) is 39.7 Å². The Kier molecular flexibility index (Phi) is 5.01. The minimum atomic E-state index is -0.142. The fourth-order valence-electron chi connectivity index (χ4n) is 2.09. The number of hydrogen-bond donors (Lipinski definition) is 0. The molecule has 0 fully saturated rings. The monoisotopic (exact) mass is 351 g/mol. The van der Waals surface area contributed by atoms with Crippen molar-refractivity contribution in [2.45, 2.75) is 6.42 Å². The zero-order valence-corrected chi connectivity index (χ0v) is 13.9. The lowest BCUT2D eigenvalue weighted by Crippen LogP contribution is -2.27. The molecule has 5 nitrogen and oxygen atoms in total. The summed E-state index contributed by atoms with van der Waals surface area (Å²) in [5.74, 6) is 0.882. The molecule has 6 heteroatoms. The largest absolute Gasteiger partial charge is 0.496 e. The highest BCUT2D eigenvalue weighted by atomic mass is 79.9. The number of hydrogen-bond acceptors (Lipinski definition) is 4. The van der Waals surface area contributed by atoms with Gasteiger partial charge in [0.05, 0.1) is 19.0 Å². The fraction of sp³-hybridized carbons (Fsp3) is 0.333. The summed E-state index contributed by atoms with van der Waals surface area (Å²) in [4.78, 5) is 13.9. The summed E-state index contributed by atoms with van der Waals surface area (Å²) in [6.45, 7) is 0.758. The molecule has 0 N–H and O–H groups in total. The highest BCUT2D eigenvalue weighted by Gasteiger charge is 2.12. The smallest absolute Gasteiger partial charge is 0.282 e. The summed E-state index contributed by atoms with van der Waals surface area (Å²) >= 11 is 3.35. The first-order chi connectivity index (χ1) is 10.0. The maximum absolute atomic E-state index is 11.9. The van der Waals surface area contributed by atoms with Gasteiger partial charge >= 0.3 is 0 Å². The Balaban J connectivity index is 2.14. The molecule has 0 aliphatic rings. The minimum absolute atomic E-state index is 0.142. The topological polar surface area (TPSA) is 47.4 Å². The number of halogens is 1. The summed E-state index contributed by atoms with van der Waals surface area (Å²) in [5, 5.41) is 4.06. The molecular formula is C15H18BrN3O2. The van der Waals surface area contributed by atoms with E-state index in [-0.39, 0.29) is 5.56 Å². The molecule has 21 heavy (non-hydrogen) atoms. The SMILES string of the molecule is COc1ccccc1CCN(C)c1cnn(C)c(=O)c1Br. The van der Waals surface area contributed by atoms with Crippen LogP contribution in [0.25, 0.3) is 0 Å². The van der Waals surface area contributed by atoms with Crippen LogP contribution in [-0.2, 0) is 13.5 Å². The number of likely N-dealkylation sites (N-methyl/N-ethyl adjacent to an activating group) is 1. The molecule has 0 saturated heterocycles. The van der Waals surface area contributed by atoms with Gasteiger partial charge in [0, 0.05) is 20.6 Å². The summed E-state index contributed by atoms with van der Waals surface area (Å²) < 4.78 is 7.19. The van der Waals surface area contributed by atoms with Gasteiger partial charge in [-0.15, -0.1) is 0 Å². The third kappa shape index (κ3) is 3.44. The lowest BCUT2D eigenvalue weighted by molar-refractivity contribution is 0.409. The van der Waals surface area contributed by atoms with Gasteiger partial charge in [-0.2, -0.15) is 5.10 Å². The van der Waals surface area contributed by atoms with Crippen molar-refractivity contribution in [1.29, 1.82) is 0 Å². The molecule has 0 atom stereocenters. The molecular weight excluding hydrogens is 334 g/mol. The quantitative estimate of drug-likeness (QED) is 0.828. The molecule has 2 rings (SSSR count). The van der Waals surface area contributed by atoms with E-state index in [2.05, 4.69) is 21.0 Å². The number of ether oxygens (including phenoxy) is 1. The van der Waals surface area contributed by atoms with Crippen molar-refractivity contribution in [3.8, 4) is 5.75 Å². The number of nitrogens with zero attached hydrogens (tertiary/aromatic N) is 3. The molecule has 1 aromatic heterocycles. The Bertz CT molecular complexity index is 685. The fourth-order valence-corrected chi connectivity index (χ4v) is 2.75. The Morgan fingerprint density at radius 3 is 2.81 bits per heavy atom. The molecule has 1 heterocycles. The van der Waals surface area contributed by atoms with Gasteiger partial charge in [-0.1, -0.05) is 18.2 Å². The highest BCUT2D eigenvalue weighted by Crippen LogP contribution is 2.22. The number of anilines is 1. The van der Waals surface area contributed by atoms with Crippen LogP contribution in [0.2, 0.25) is 0 Å². The van der Waals surface area contributed by atoms with E-state index in [1.54, 1.807) is 20.4 Å². The molecule has 0 unspecified atom stereocenters. The van der Waals surface area contributed by atoms with Gasteiger partial charge in [0.15, 0.2) is 0 Å². The Morgan fingerprint density at radius 2 is 2.10 bits per heavy atom. The summed E-state index contributed by atoms with van der Waals surface area (Å²) in [6.07, 6.45) is 2.51. The van der Waals surface area contributed by atoms with E-state index in [9.17, 15) is 4.79 Å². The average molecular weight is 352 g/mol. The van der Waals surface area contributed by atoms with Gasteiger partial charge in [-0.05, 0) is 34.0 Å². The van der Waals surface area contributed by atoms with Crippen molar-refractivity contribution < 1.29 is 4.74 Å². The van der Waals surface area contributed by atoms with E-state index in [0.29, 0.717) is 4.47 Å². The van der Waals surface area contributed by atoms with Crippen LogP contribution in [0.3, 0.4) is 0 Å². The first-order valence-corrected chi connectivity index (χ1v) is 7.38. The number of aromatic nitrogens is 2. The highest BCUT2D eigenvalue weighted by molar-refractivity contribution is 9.10. The second kappa shape index (κ2) is 6.76. The van der Waals surface area contributed by atoms with Crippen LogP contribution >= 0.6 is 15.9 Å². The number of rotatable bonds is 5. The van der Waals surface area contributed by atoms with E-state index in [1.807, 2.05) is 36.2 Å². The number of para-hydroxylation sites is 1. The van der Waals surface area contributed by atoms with Gasteiger partial charge in [0.2, 0.25) is 0 Å². The van der Waals surface area contributed by atoms with E-state index in [1.165, 1.54) is 4.68 Å². The van der Waals surface area contributed by atoms with Crippen LogP contribution in [-0.4, -0.2) is 30.5 Å². The standard InChI is InChI=1S/C15H18BrN3O2/c1-18(12-10-17-19(2)15(20)14(12)16)9-8-11-6-4-5-7-13(11)21-3/h4-7,10H,8-9H2,1-3H3. The molecule has 0 aliphatic heterocycles. The first-order valence-electron chi connectivity index (χ1n) is 6.59. The maximum Gasteiger partial charge on any atom is 0.282 e. The number of methoxy groups -OCH3 is 1. The molecule has 2 aromatic rings. The second-order valence-electron chi connectivity index (χ2n) is 4.76. The van der Waals surface area contributed by atoms with Crippen molar-refractivity contribution >= 4 is 21.6 Å². The van der Waals surface area contributed by atoms with E-state index in [0.717, 1.165) is 30.0 Å². The maximum atomic E-state index is 11.9. The molecule has 0 saturated carbocycles. The summed E-state index contributed by atoms with van der Waals surface area (Å²) in [7, 11) is 5.24. The Hall–Kier alpha value is -1.82. The third-order valence-electron chi connectivity index (χ3n) is 3.38. The minimum Gasteiger partial charge on any atom is -0.496 e. The predicted molar refractivity (Wildman–Crippen MR) is 87.1 cm³/mol. The zero-order chi connectivity index (χ0) is 15.4. The van der Waals surface area contributed by atoms with Gasteiger partial charge in [-0.3, -0.25) is 4.79 Å². The van der Waals surface area contributed by atoms with Crippen LogP contribution in [0, 0.1) is 0 Å². The van der Waals surface area contributed by atoms with Crippen LogP contribution < -0.4 is 15.2 Å². The molecule has 0 amide bonds. The molecule has 0 radical (unpaired) electrons. The number of benzene rings is 1. The lowest BCUT2D eigenvalue weighted by atomic mass is 10.1. The predicted octanol–water partition coefficient (Wildman–Crippen LogP) is 2.23. The molecule has 0 aliphatic carbocycles. The van der Waals surface area contributed by atoms with Crippen molar-refractivity contribution in [2.24, 2.45) is 7.05 Å². The Labute approximate surface area is 132 Å². The summed E-state index contributed by atoms with van der Waals surface area (Å²) in [5.41, 5.74) is 1.78. The van der Waals surface area contributed by atoms with E-state index < -0.39 is 0 Å². The lowest BCUT2D eigenvalue weighted by Gasteiger charge is -2.20. The molecule has 0 spiro atoms. The van der Waals surface area contributed by atoms with Gasteiger partial charge < -0.3 is 9.64 Å². The first kappa shape index (κ1) is 15.6. The molecule has 112 valence electrons. The molecule has 0 bridgehead atoms. The van der Waals surface area contributed by atoms with Gasteiger partial charge in [0.25, 0.3) is 5.56 Å². The number of aryl methyl sites for hydroxylation is 1. The van der Waals surface area contributed by atoms with Crippen molar-refractivity contribution in [3.05, 3.63) is 50.9 Å². The van der Waals surface area contributed by atoms with Crippen LogP contribution in [0.5, 0.6) is 5.75 Å². The average Bonchev–Trinajstić information content (AvgIpc) is 2.50. The molecule has 1 aromatic carbocycles. The summed E-state index contributed by atoms with van der Waals surface area (Å²) in [6, 6.07) is 7.94. The second-order valence-corrected chi connectivity index (χ2v) is 5.55. The van der Waals surface area contributed by atoms with Crippen molar-refractivity contribution in [3.63, 3.8) is 0 Å². The zero-order valence-electron chi connectivity index (χ0n) is 12.3. The Morgan fingerprint density at radius 1 is 1.38 bits per heavy atom. The third-order valence-corrected chi connectivity index (χ3v) is 4.13.